The van der Waals surface area contributed by atoms with Gasteiger partial charge in [0.15, 0.2) is 0 Å². The summed E-state index contributed by atoms with van der Waals surface area (Å²) in [5.74, 6) is 1.07. The highest BCUT2D eigenvalue weighted by molar-refractivity contribution is 6.30. The van der Waals surface area contributed by atoms with Crippen molar-refractivity contribution in [3.8, 4) is 5.88 Å². The molecule has 0 spiro atoms. The molecule has 1 aliphatic carbocycles. The summed E-state index contributed by atoms with van der Waals surface area (Å²) in [6, 6.07) is 1.82. The predicted molar refractivity (Wildman–Crippen MR) is 99.6 cm³/mol. The summed E-state index contributed by atoms with van der Waals surface area (Å²) in [6.45, 7) is 4.67. The van der Waals surface area contributed by atoms with Crippen LogP contribution < -0.4 is 10.5 Å². The van der Waals surface area contributed by atoms with Crippen molar-refractivity contribution in [2.45, 2.75) is 38.3 Å². The normalized spacial score (nSPS) is 20.4. The van der Waals surface area contributed by atoms with Gasteiger partial charge in [0, 0.05) is 31.5 Å². The lowest BCUT2D eigenvalue weighted by molar-refractivity contribution is -0.408. The molecule has 0 bridgehead atoms. The van der Waals surface area contributed by atoms with Crippen LogP contribution in [0, 0.1) is 5.92 Å². The first-order valence-electron chi connectivity index (χ1n) is 8.60. The standard InChI is InChI=1S/C18H25ClN4O3/c1-18(2,20)15-9-22-17(14-8-21-16(19)7-13(14)15)25-12-5-11(6-12)10-23(3)26-24-4/h7-9,11-12H,5-6,10,20H2,1-4H3/t11-,12+. The minimum Gasteiger partial charge on any atom is -0.474 e. The highest BCUT2D eigenvalue weighted by atomic mass is 35.5. The number of nitrogens with two attached hydrogens (primary N) is 1. The number of hydrogen-bond donors (Lipinski definition) is 1. The number of pyridine rings is 2. The zero-order chi connectivity index (χ0) is 18.9. The fraction of sp³-hybridized carbons (Fsp3) is 0.556. The molecule has 7 nitrogen and oxygen atoms in total. The van der Waals surface area contributed by atoms with E-state index in [0.717, 1.165) is 35.7 Å². The van der Waals surface area contributed by atoms with Crippen molar-refractivity contribution in [2.24, 2.45) is 11.7 Å². The van der Waals surface area contributed by atoms with Crippen LogP contribution in [0.25, 0.3) is 10.8 Å². The van der Waals surface area contributed by atoms with Crippen molar-refractivity contribution in [1.82, 2.24) is 15.0 Å². The minimum atomic E-state index is -0.540. The Labute approximate surface area is 158 Å². The lowest BCUT2D eigenvalue weighted by atomic mass is 9.82. The van der Waals surface area contributed by atoms with Gasteiger partial charge in [0.1, 0.15) is 11.3 Å². The lowest BCUT2D eigenvalue weighted by Crippen LogP contribution is -2.40. The summed E-state index contributed by atoms with van der Waals surface area (Å²) in [5, 5.41) is 3.85. The third-order valence-corrected chi connectivity index (χ3v) is 4.79. The second-order valence-corrected chi connectivity index (χ2v) is 7.77. The lowest BCUT2D eigenvalue weighted by Gasteiger charge is -2.36. The second-order valence-electron chi connectivity index (χ2n) is 7.38. The highest BCUT2D eigenvalue weighted by Gasteiger charge is 2.33. The maximum atomic E-state index is 6.28. The molecule has 0 unspecified atom stereocenters. The van der Waals surface area contributed by atoms with Crippen molar-refractivity contribution in [1.29, 1.82) is 0 Å². The van der Waals surface area contributed by atoms with Gasteiger partial charge in [-0.05, 0) is 49.6 Å². The van der Waals surface area contributed by atoms with Gasteiger partial charge in [-0.2, -0.15) is 5.06 Å². The van der Waals surface area contributed by atoms with Crippen molar-refractivity contribution < 1.29 is 14.6 Å². The van der Waals surface area contributed by atoms with Crippen molar-refractivity contribution in [2.75, 3.05) is 20.7 Å². The van der Waals surface area contributed by atoms with Crippen LogP contribution in [0.4, 0.5) is 0 Å². The SMILES string of the molecule is COON(C)C[C@H]1C[C@@H](Oc2ncc(C(C)(C)N)c3cc(Cl)ncc23)C1. The number of rotatable bonds is 7. The van der Waals surface area contributed by atoms with Gasteiger partial charge in [-0.15, -0.1) is 4.99 Å². The molecular weight excluding hydrogens is 356 g/mol. The van der Waals surface area contributed by atoms with Crippen LogP contribution in [-0.4, -0.2) is 41.8 Å². The maximum absolute atomic E-state index is 6.28. The van der Waals surface area contributed by atoms with Crippen molar-refractivity contribution in [3.63, 3.8) is 0 Å². The van der Waals surface area contributed by atoms with Gasteiger partial charge >= 0.3 is 0 Å². The summed E-state index contributed by atoms with van der Waals surface area (Å²) >= 11 is 6.09. The Bertz CT molecular complexity index is 775. The summed E-state index contributed by atoms with van der Waals surface area (Å²) in [6.07, 6.45) is 5.46. The Morgan fingerprint density at radius 1 is 1.27 bits per heavy atom. The first-order valence-corrected chi connectivity index (χ1v) is 8.98. The minimum absolute atomic E-state index is 0.124. The molecule has 2 aromatic heterocycles. The summed E-state index contributed by atoms with van der Waals surface area (Å²) < 4.78 is 6.12. The molecule has 8 heteroatoms. The smallest absolute Gasteiger partial charge is 0.223 e. The Kier molecular flexibility index (Phi) is 5.64. The third kappa shape index (κ3) is 4.24. The van der Waals surface area contributed by atoms with E-state index < -0.39 is 5.54 Å². The molecule has 26 heavy (non-hydrogen) atoms. The number of aromatic nitrogens is 2. The van der Waals surface area contributed by atoms with Crippen molar-refractivity contribution in [3.05, 3.63) is 29.2 Å². The molecule has 0 amide bonds. The molecule has 1 saturated carbocycles. The van der Waals surface area contributed by atoms with E-state index in [1.807, 2.05) is 27.0 Å². The van der Waals surface area contributed by atoms with E-state index in [0.29, 0.717) is 17.0 Å². The molecule has 0 aromatic carbocycles. The molecule has 0 aliphatic heterocycles. The quantitative estimate of drug-likeness (QED) is 0.449. The highest BCUT2D eigenvalue weighted by Crippen LogP contribution is 2.36. The predicted octanol–water partition coefficient (Wildman–Crippen LogP) is 3.06. The molecule has 142 valence electrons. The number of halogens is 1. The van der Waals surface area contributed by atoms with Gasteiger partial charge < -0.3 is 10.5 Å². The molecule has 2 N–H and O–H groups in total. The van der Waals surface area contributed by atoms with Gasteiger partial charge in [0.25, 0.3) is 0 Å². The molecule has 0 radical (unpaired) electrons. The molecule has 2 heterocycles. The van der Waals surface area contributed by atoms with E-state index >= 15 is 0 Å². The first-order chi connectivity index (χ1) is 12.3. The second kappa shape index (κ2) is 7.62. The van der Waals surface area contributed by atoms with Crippen molar-refractivity contribution >= 4 is 22.4 Å². The zero-order valence-corrected chi connectivity index (χ0v) is 16.3. The maximum Gasteiger partial charge on any atom is 0.223 e. The van der Waals surface area contributed by atoms with Crippen LogP contribution in [0.2, 0.25) is 5.15 Å². The molecular formula is C18H25ClN4O3. The van der Waals surface area contributed by atoms with Gasteiger partial charge in [0.2, 0.25) is 5.88 Å². The molecule has 0 atom stereocenters. The average Bonchev–Trinajstić information content (AvgIpc) is 2.51. The number of hydroxylamine groups is 2. The third-order valence-electron chi connectivity index (χ3n) is 4.58. The number of fused-ring (bicyclic) bond motifs is 1. The van der Waals surface area contributed by atoms with E-state index in [-0.39, 0.29) is 6.10 Å². The number of hydrogen-bond acceptors (Lipinski definition) is 7. The van der Waals surface area contributed by atoms with Gasteiger partial charge in [0.05, 0.1) is 12.5 Å². The number of nitrogens with zero attached hydrogens (tertiary/aromatic N) is 3. The van der Waals surface area contributed by atoms with Crippen LogP contribution >= 0.6 is 11.6 Å². The summed E-state index contributed by atoms with van der Waals surface area (Å²) in [4.78, 5) is 18.3. The summed E-state index contributed by atoms with van der Waals surface area (Å²) in [5.41, 5.74) is 6.65. The van der Waals surface area contributed by atoms with Crippen LogP contribution in [0.3, 0.4) is 0 Å². The van der Waals surface area contributed by atoms with Gasteiger partial charge in [-0.3, -0.25) is 0 Å². The summed E-state index contributed by atoms with van der Waals surface area (Å²) in [7, 11) is 3.34. The Balaban J connectivity index is 1.74. The van der Waals surface area contributed by atoms with E-state index in [4.69, 9.17) is 27.1 Å². The van der Waals surface area contributed by atoms with Crippen LogP contribution in [0.5, 0.6) is 5.88 Å². The fourth-order valence-electron chi connectivity index (χ4n) is 3.29. The van der Waals surface area contributed by atoms with Crippen LogP contribution in [0.1, 0.15) is 32.3 Å². The first kappa shape index (κ1) is 19.3. The molecule has 1 fully saturated rings. The molecule has 1 aliphatic rings. The van der Waals surface area contributed by atoms with E-state index in [2.05, 4.69) is 14.9 Å². The zero-order valence-electron chi connectivity index (χ0n) is 15.5. The average molecular weight is 381 g/mol. The Morgan fingerprint density at radius 2 is 2.00 bits per heavy atom. The van der Waals surface area contributed by atoms with Gasteiger partial charge in [-0.1, -0.05) is 11.6 Å². The van der Waals surface area contributed by atoms with Crippen LogP contribution in [0.15, 0.2) is 18.5 Å². The van der Waals surface area contributed by atoms with E-state index in [9.17, 15) is 0 Å². The molecule has 2 aromatic rings. The fourth-order valence-corrected chi connectivity index (χ4v) is 3.45. The van der Waals surface area contributed by atoms with Gasteiger partial charge in [-0.25, -0.2) is 14.9 Å². The Morgan fingerprint density at radius 3 is 2.65 bits per heavy atom. The van der Waals surface area contributed by atoms with E-state index in [1.165, 1.54) is 7.11 Å². The molecule has 3 rings (SSSR count). The largest absolute Gasteiger partial charge is 0.474 e. The van der Waals surface area contributed by atoms with Crippen LogP contribution in [-0.2, 0) is 15.4 Å². The van der Waals surface area contributed by atoms with E-state index in [1.54, 1.807) is 17.5 Å². The monoisotopic (exact) mass is 380 g/mol. The molecule has 0 saturated heterocycles. The topological polar surface area (TPSA) is 82.7 Å². The Hall–Kier alpha value is -1.51. The number of ether oxygens (including phenoxy) is 1.